The van der Waals surface area contributed by atoms with Crippen LogP contribution in [0.2, 0.25) is 5.02 Å². The van der Waals surface area contributed by atoms with Gasteiger partial charge in [0.2, 0.25) is 5.70 Å². The lowest BCUT2D eigenvalue weighted by atomic mass is 9.79. The standard InChI is InChI=1S/C28H27ClN5O2/c1-35-13-14-36-21-15-20(16-21)26-24-17-31-11-12-34(24,30)28(33-26)22-9-7-19-8-10-23(32-27(19)25(22)29)18-5-3-2-4-6-18/h2-12,17,20-21H,13-16,30H2,1H3/q+1. The van der Waals surface area contributed by atoms with Gasteiger partial charge in [0.25, 0.3) is 5.84 Å². The van der Waals surface area contributed by atoms with Gasteiger partial charge >= 0.3 is 0 Å². The largest absolute Gasteiger partial charge is 0.382 e. The van der Waals surface area contributed by atoms with Gasteiger partial charge in [-0.05, 0) is 25.0 Å². The summed E-state index contributed by atoms with van der Waals surface area (Å²) in [4.78, 5) is 14.4. The molecule has 6 rings (SSSR count). The minimum atomic E-state index is -0.0614. The molecule has 1 aliphatic carbocycles. The van der Waals surface area contributed by atoms with Gasteiger partial charge in [-0.3, -0.25) is 4.99 Å². The van der Waals surface area contributed by atoms with Gasteiger partial charge in [0, 0.05) is 24.0 Å². The van der Waals surface area contributed by atoms with Crippen molar-refractivity contribution in [2.24, 2.45) is 21.7 Å². The average molecular weight is 501 g/mol. The number of hydrogen-bond acceptors (Lipinski definition) is 6. The van der Waals surface area contributed by atoms with Crippen molar-refractivity contribution in [1.82, 2.24) is 4.98 Å². The second kappa shape index (κ2) is 9.35. The third-order valence-electron chi connectivity index (χ3n) is 7.06. The number of fused-ring (bicyclic) bond motifs is 2. The van der Waals surface area contributed by atoms with E-state index < -0.39 is 0 Å². The molecule has 0 saturated heterocycles. The first kappa shape index (κ1) is 23.2. The summed E-state index contributed by atoms with van der Waals surface area (Å²) in [6.07, 6.45) is 7.36. The van der Waals surface area contributed by atoms with E-state index in [1.54, 1.807) is 13.3 Å². The summed E-state index contributed by atoms with van der Waals surface area (Å²) >= 11 is 7.03. The van der Waals surface area contributed by atoms with Gasteiger partial charge in [-0.25, -0.2) is 4.98 Å². The number of amidine groups is 1. The van der Waals surface area contributed by atoms with Crippen molar-refractivity contribution in [2.45, 2.75) is 18.9 Å². The van der Waals surface area contributed by atoms with Crippen LogP contribution in [0.15, 0.2) is 88.4 Å². The molecule has 0 spiro atoms. The lowest BCUT2D eigenvalue weighted by molar-refractivity contribution is -0.750. The summed E-state index contributed by atoms with van der Waals surface area (Å²) in [6, 6.07) is 18.1. The van der Waals surface area contributed by atoms with Gasteiger partial charge in [-0.1, -0.05) is 54.1 Å². The summed E-state index contributed by atoms with van der Waals surface area (Å²) in [5.74, 6) is 7.89. The molecule has 0 amide bonds. The van der Waals surface area contributed by atoms with Gasteiger partial charge in [-0.15, -0.1) is 4.59 Å². The van der Waals surface area contributed by atoms with Crippen LogP contribution in [0.5, 0.6) is 0 Å². The van der Waals surface area contributed by atoms with Gasteiger partial charge in [0.05, 0.1) is 53.5 Å². The van der Waals surface area contributed by atoms with E-state index in [-0.39, 0.29) is 16.6 Å². The maximum Gasteiger partial charge on any atom is 0.266 e. The van der Waals surface area contributed by atoms with Gasteiger partial charge in [0.15, 0.2) is 0 Å². The molecule has 1 saturated carbocycles. The summed E-state index contributed by atoms with van der Waals surface area (Å²) in [5.41, 5.74) is 5.22. The van der Waals surface area contributed by atoms with Crippen LogP contribution in [0.1, 0.15) is 18.4 Å². The first-order valence-corrected chi connectivity index (χ1v) is 12.4. The Morgan fingerprint density at radius 1 is 1.06 bits per heavy atom. The Morgan fingerprint density at radius 2 is 1.86 bits per heavy atom. The van der Waals surface area contributed by atoms with Crippen LogP contribution in [0.25, 0.3) is 22.2 Å². The van der Waals surface area contributed by atoms with Crippen LogP contribution in [-0.2, 0) is 9.47 Å². The highest BCUT2D eigenvalue weighted by atomic mass is 35.5. The molecule has 1 atom stereocenters. The van der Waals surface area contributed by atoms with E-state index in [2.05, 4.69) is 4.99 Å². The number of aliphatic imine (C=N–C) groups is 2. The van der Waals surface area contributed by atoms with E-state index in [9.17, 15) is 0 Å². The van der Waals surface area contributed by atoms with E-state index in [0.29, 0.717) is 24.1 Å². The van der Waals surface area contributed by atoms with Crippen molar-refractivity contribution in [3.05, 3.63) is 89.0 Å². The Labute approximate surface area is 214 Å². The molecule has 7 nitrogen and oxygen atoms in total. The smallest absolute Gasteiger partial charge is 0.266 e. The second-order valence-electron chi connectivity index (χ2n) is 9.27. The lowest BCUT2D eigenvalue weighted by Crippen LogP contribution is -2.53. The normalized spacial score (nSPS) is 24.7. The number of rotatable bonds is 7. The number of benzene rings is 2. The molecule has 1 unspecified atom stereocenters. The number of nitrogens with two attached hydrogens (primary N) is 1. The minimum absolute atomic E-state index is 0.0614. The maximum absolute atomic E-state index is 7.03. The molecule has 2 N–H and O–H groups in total. The molecule has 3 heterocycles. The zero-order valence-electron chi connectivity index (χ0n) is 20.0. The second-order valence-corrected chi connectivity index (χ2v) is 9.65. The van der Waals surface area contributed by atoms with E-state index >= 15 is 0 Å². The highest BCUT2D eigenvalue weighted by molar-refractivity contribution is 6.38. The molecule has 2 aliphatic heterocycles. The molecule has 1 fully saturated rings. The number of allylic oxidation sites excluding steroid dienone is 2. The van der Waals surface area contributed by atoms with E-state index in [1.807, 2.05) is 67.0 Å². The SMILES string of the molecule is COCCOC1CC(C2=C3C=NC=C[N+]3(N)C(c3ccc4ccc(-c5ccccc5)nc4c3Cl)=N2)C1. The molecule has 3 aliphatic rings. The fourth-order valence-corrected chi connectivity index (χ4v) is 5.31. The van der Waals surface area contributed by atoms with Crippen LogP contribution in [0.3, 0.4) is 0 Å². The van der Waals surface area contributed by atoms with Crippen LogP contribution >= 0.6 is 11.6 Å². The van der Waals surface area contributed by atoms with Crippen molar-refractivity contribution >= 4 is 34.6 Å². The molecule has 0 radical (unpaired) electrons. The summed E-state index contributed by atoms with van der Waals surface area (Å²) in [5, 5.41) is 1.50. The number of nitrogens with zero attached hydrogens (tertiary/aromatic N) is 4. The highest BCUT2D eigenvalue weighted by Gasteiger charge is 2.48. The first-order chi connectivity index (χ1) is 17.6. The molecule has 1 aromatic heterocycles. The Kier molecular flexibility index (Phi) is 6.03. The molecule has 3 aromatic rings. The van der Waals surface area contributed by atoms with Gasteiger partial charge < -0.3 is 9.47 Å². The predicted molar refractivity (Wildman–Crippen MR) is 142 cm³/mol. The molecule has 36 heavy (non-hydrogen) atoms. The van der Waals surface area contributed by atoms with E-state index in [0.717, 1.165) is 52.0 Å². The molecular weight excluding hydrogens is 474 g/mol. The summed E-state index contributed by atoms with van der Waals surface area (Å²) < 4.78 is 10.9. The fourth-order valence-electron chi connectivity index (χ4n) is 5.01. The number of quaternary nitrogens is 1. The number of halogens is 1. The van der Waals surface area contributed by atoms with Crippen LogP contribution in [-0.4, -0.2) is 48.1 Å². The van der Waals surface area contributed by atoms with Crippen LogP contribution in [0, 0.1) is 5.92 Å². The Balaban J connectivity index is 1.36. The summed E-state index contributed by atoms with van der Waals surface area (Å²) in [7, 11) is 1.68. The van der Waals surface area contributed by atoms with Gasteiger partial charge in [0.1, 0.15) is 11.9 Å². The van der Waals surface area contributed by atoms with Crippen LogP contribution in [0.4, 0.5) is 0 Å². The fraction of sp³-hybridized carbons (Fsp3) is 0.250. The molecule has 2 aromatic carbocycles. The number of methoxy groups -OCH3 is 1. The van der Waals surface area contributed by atoms with Crippen molar-refractivity contribution in [2.75, 3.05) is 20.3 Å². The van der Waals surface area contributed by atoms with Crippen molar-refractivity contribution in [1.29, 1.82) is 0 Å². The first-order valence-electron chi connectivity index (χ1n) is 12.1. The zero-order valence-corrected chi connectivity index (χ0v) is 20.7. The highest BCUT2D eigenvalue weighted by Crippen LogP contribution is 2.44. The third kappa shape index (κ3) is 3.89. The molecule has 182 valence electrons. The molecule has 0 bridgehead atoms. The van der Waals surface area contributed by atoms with Gasteiger partial charge in [-0.2, -0.15) is 10.8 Å². The summed E-state index contributed by atoms with van der Waals surface area (Å²) in [6.45, 7) is 1.19. The monoisotopic (exact) mass is 500 g/mol. The minimum Gasteiger partial charge on any atom is -0.382 e. The number of aromatic nitrogens is 1. The number of ether oxygens (including phenoxy) is 2. The molecule has 8 heteroatoms. The zero-order chi connectivity index (χ0) is 24.7. The predicted octanol–water partition coefficient (Wildman–Crippen LogP) is 5.21. The van der Waals surface area contributed by atoms with E-state index in [4.69, 9.17) is 36.9 Å². The van der Waals surface area contributed by atoms with Crippen molar-refractivity contribution < 1.29 is 14.1 Å². The van der Waals surface area contributed by atoms with E-state index in [1.165, 1.54) is 0 Å². The third-order valence-corrected chi connectivity index (χ3v) is 7.44. The van der Waals surface area contributed by atoms with Crippen LogP contribution < -0.4 is 5.84 Å². The molecular formula is C28H27ClN5O2+. The maximum atomic E-state index is 7.03. The quantitative estimate of drug-likeness (QED) is 0.274. The number of hydrogen-bond donors (Lipinski definition) is 1. The van der Waals surface area contributed by atoms with Crippen molar-refractivity contribution in [3.63, 3.8) is 0 Å². The Bertz CT molecular complexity index is 1440. The lowest BCUT2D eigenvalue weighted by Gasteiger charge is -2.35. The topological polar surface area (TPSA) is 82.1 Å². The van der Waals surface area contributed by atoms with Crippen molar-refractivity contribution in [3.8, 4) is 11.3 Å². The Hall–Kier alpha value is -3.20. The average Bonchev–Trinajstić information content (AvgIpc) is 3.18. The Morgan fingerprint density at radius 3 is 2.67 bits per heavy atom. The number of pyridine rings is 1.